The fraction of sp³-hybridized carbons (Fsp3) is 0.500. The SMILES string of the molecule is CCC(CC)CO[C@@H]1[C@@H](OC(C)=O)[C@@H](OP(=O)(Oc2ccccc2)Oc2ccccc2)O[C@H](COC(C)=O)[C@H]1OC(C)=O. The van der Waals surface area contributed by atoms with Gasteiger partial charge in [-0.2, -0.15) is 0 Å². The maximum atomic E-state index is 14.3. The summed E-state index contributed by atoms with van der Waals surface area (Å²) < 4.78 is 60.3. The third-order valence-electron chi connectivity index (χ3n) is 6.48. The molecule has 2 aromatic rings. The lowest BCUT2D eigenvalue weighted by Gasteiger charge is -2.44. The van der Waals surface area contributed by atoms with E-state index in [1.165, 1.54) is 20.8 Å². The number of ether oxygens (including phenoxy) is 5. The number of carbonyl (C=O) groups is 3. The fourth-order valence-electron chi connectivity index (χ4n) is 4.32. The second kappa shape index (κ2) is 16.4. The van der Waals surface area contributed by atoms with Crippen LogP contribution in [0.1, 0.15) is 47.5 Å². The summed E-state index contributed by atoms with van der Waals surface area (Å²) in [5.74, 6) is -1.58. The topological polar surface area (TPSA) is 142 Å². The molecule has 3 rings (SSSR count). The van der Waals surface area contributed by atoms with Gasteiger partial charge in [-0.15, -0.1) is 0 Å². The molecule has 0 bridgehead atoms. The van der Waals surface area contributed by atoms with E-state index in [1.54, 1.807) is 60.7 Å². The van der Waals surface area contributed by atoms with Crippen LogP contribution in [-0.2, 0) is 47.2 Å². The summed E-state index contributed by atoms with van der Waals surface area (Å²) >= 11 is 0. The molecule has 1 aliphatic rings. The smallest absolute Gasteiger partial charge is 0.463 e. The molecule has 0 unspecified atom stereocenters. The second-order valence-electron chi connectivity index (χ2n) is 9.84. The van der Waals surface area contributed by atoms with Crippen molar-refractivity contribution in [2.75, 3.05) is 13.2 Å². The number of benzene rings is 2. The minimum absolute atomic E-state index is 0.124. The summed E-state index contributed by atoms with van der Waals surface area (Å²) in [6, 6.07) is 16.4. The normalized spacial score (nSPS) is 22.0. The van der Waals surface area contributed by atoms with Gasteiger partial charge in [0.25, 0.3) is 0 Å². The van der Waals surface area contributed by atoms with Crippen LogP contribution >= 0.6 is 7.82 Å². The first-order valence-electron chi connectivity index (χ1n) is 14.1. The molecule has 12 nitrogen and oxygen atoms in total. The molecule has 43 heavy (non-hydrogen) atoms. The molecule has 0 aromatic heterocycles. The molecular weight excluding hydrogens is 583 g/mol. The third-order valence-corrected chi connectivity index (χ3v) is 7.81. The van der Waals surface area contributed by atoms with E-state index in [-0.39, 0.29) is 30.6 Å². The van der Waals surface area contributed by atoms with Gasteiger partial charge in [0.1, 0.15) is 30.3 Å². The van der Waals surface area contributed by atoms with Crippen LogP contribution in [-0.4, -0.2) is 61.8 Å². The van der Waals surface area contributed by atoms with Gasteiger partial charge in [0, 0.05) is 20.8 Å². The molecule has 0 aliphatic carbocycles. The maximum absolute atomic E-state index is 14.3. The lowest BCUT2D eigenvalue weighted by molar-refractivity contribution is -0.296. The first-order chi connectivity index (χ1) is 20.5. The zero-order chi connectivity index (χ0) is 31.4. The Morgan fingerprint density at radius 1 is 0.767 bits per heavy atom. The quantitative estimate of drug-likeness (QED) is 0.146. The molecule has 13 heteroatoms. The zero-order valence-electron chi connectivity index (χ0n) is 24.9. The Morgan fingerprint density at radius 3 is 1.74 bits per heavy atom. The van der Waals surface area contributed by atoms with Crippen LogP contribution in [0, 0.1) is 5.92 Å². The maximum Gasteiger partial charge on any atom is 0.590 e. The zero-order valence-corrected chi connectivity index (χ0v) is 25.8. The van der Waals surface area contributed by atoms with Crippen molar-refractivity contribution >= 4 is 25.7 Å². The minimum Gasteiger partial charge on any atom is -0.463 e. The summed E-state index contributed by atoms with van der Waals surface area (Å²) in [6.45, 7) is 7.40. The summed E-state index contributed by atoms with van der Waals surface area (Å²) in [6.07, 6.45) is -5.00. The van der Waals surface area contributed by atoms with Gasteiger partial charge < -0.3 is 32.7 Å². The molecule has 0 amide bonds. The Morgan fingerprint density at radius 2 is 1.28 bits per heavy atom. The van der Waals surface area contributed by atoms with E-state index in [1.807, 2.05) is 13.8 Å². The third kappa shape index (κ3) is 10.7. The average molecular weight is 623 g/mol. The van der Waals surface area contributed by atoms with Crippen LogP contribution in [0.3, 0.4) is 0 Å². The lowest BCUT2D eigenvalue weighted by atomic mass is 9.97. The highest BCUT2D eigenvalue weighted by atomic mass is 31.2. The molecule has 236 valence electrons. The van der Waals surface area contributed by atoms with Gasteiger partial charge in [-0.3, -0.25) is 14.4 Å². The monoisotopic (exact) mass is 622 g/mol. The van der Waals surface area contributed by atoms with E-state index in [9.17, 15) is 18.9 Å². The van der Waals surface area contributed by atoms with E-state index < -0.39 is 56.4 Å². The number of hydrogen-bond donors (Lipinski definition) is 0. The Bertz CT molecular complexity index is 1170. The second-order valence-corrected chi connectivity index (χ2v) is 11.3. The predicted octanol–water partition coefficient (Wildman–Crippen LogP) is 5.24. The van der Waals surface area contributed by atoms with Crippen LogP contribution < -0.4 is 9.05 Å². The Kier molecular flexibility index (Phi) is 13.0. The standard InChI is InChI=1S/C30H39O12P/c1-6-23(7-2)18-36-28-27(37-21(4)32)26(19-35-20(3)31)39-30(29(28)38-22(5)33)42-43(34,40-24-14-10-8-11-15-24)41-25-16-12-9-13-17-25/h8-17,23,26-30H,6-7,18-19H2,1-5H3/t26-,27-,28+,29-,30-/m1/s1. The molecule has 5 atom stereocenters. The van der Waals surface area contributed by atoms with Gasteiger partial charge in [-0.05, 0) is 30.2 Å². The van der Waals surface area contributed by atoms with Crippen molar-refractivity contribution in [2.24, 2.45) is 5.92 Å². The average Bonchev–Trinajstić information content (AvgIpc) is 2.95. The van der Waals surface area contributed by atoms with E-state index in [4.69, 9.17) is 37.3 Å². The van der Waals surface area contributed by atoms with E-state index in [0.717, 1.165) is 12.8 Å². The number of hydrogen-bond acceptors (Lipinski definition) is 12. The minimum atomic E-state index is -4.59. The first-order valence-corrected chi connectivity index (χ1v) is 15.5. The number of phosphoric acid groups is 1. The van der Waals surface area contributed by atoms with Crippen molar-refractivity contribution in [3.63, 3.8) is 0 Å². The van der Waals surface area contributed by atoms with Crippen molar-refractivity contribution < 1.29 is 56.2 Å². The number of phosphoric ester groups is 1. The van der Waals surface area contributed by atoms with E-state index in [0.29, 0.717) is 0 Å². The van der Waals surface area contributed by atoms with E-state index >= 15 is 0 Å². The summed E-state index contributed by atoms with van der Waals surface area (Å²) in [5, 5.41) is 0. The molecule has 1 saturated heterocycles. The lowest BCUT2D eigenvalue weighted by Crippen LogP contribution is -2.62. The molecule has 0 radical (unpaired) electrons. The number of esters is 3. The fourth-order valence-corrected chi connectivity index (χ4v) is 5.63. The highest BCUT2D eigenvalue weighted by molar-refractivity contribution is 7.49. The van der Waals surface area contributed by atoms with Crippen LogP contribution in [0.25, 0.3) is 0 Å². The van der Waals surface area contributed by atoms with Crippen LogP contribution in [0.5, 0.6) is 11.5 Å². The summed E-state index contributed by atoms with van der Waals surface area (Å²) in [7, 11) is -4.59. The number of rotatable bonds is 15. The molecule has 0 saturated carbocycles. The molecular formula is C30H39O12P. The van der Waals surface area contributed by atoms with Gasteiger partial charge in [0.15, 0.2) is 12.2 Å². The van der Waals surface area contributed by atoms with Gasteiger partial charge in [-0.1, -0.05) is 63.1 Å². The molecule has 1 aliphatic heterocycles. The van der Waals surface area contributed by atoms with E-state index in [2.05, 4.69) is 0 Å². The summed E-state index contributed by atoms with van der Waals surface area (Å²) in [5.41, 5.74) is 0. The summed E-state index contributed by atoms with van der Waals surface area (Å²) in [4.78, 5) is 36.2. The number of para-hydroxylation sites is 2. The predicted molar refractivity (Wildman–Crippen MR) is 153 cm³/mol. The van der Waals surface area contributed by atoms with Crippen molar-refractivity contribution in [3.05, 3.63) is 60.7 Å². The van der Waals surface area contributed by atoms with Gasteiger partial charge in [-0.25, -0.2) is 9.09 Å². The van der Waals surface area contributed by atoms with Crippen molar-refractivity contribution in [1.82, 2.24) is 0 Å². The van der Waals surface area contributed by atoms with Crippen molar-refractivity contribution in [2.45, 2.75) is 78.2 Å². The highest BCUT2D eigenvalue weighted by Gasteiger charge is 2.54. The van der Waals surface area contributed by atoms with Crippen molar-refractivity contribution in [1.29, 1.82) is 0 Å². The van der Waals surface area contributed by atoms with Gasteiger partial charge >= 0.3 is 25.7 Å². The van der Waals surface area contributed by atoms with Crippen LogP contribution in [0.4, 0.5) is 0 Å². The Balaban J connectivity index is 2.05. The largest absolute Gasteiger partial charge is 0.590 e. The van der Waals surface area contributed by atoms with Crippen LogP contribution in [0.15, 0.2) is 60.7 Å². The Hall–Kier alpha value is -3.44. The van der Waals surface area contributed by atoms with Crippen LogP contribution in [0.2, 0.25) is 0 Å². The first kappa shape index (κ1) is 34.1. The molecule has 1 fully saturated rings. The number of carbonyl (C=O) groups excluding carboxylic acids is 3. The highest BCUT2D eigenvalue weighted by Crippen LogP contribution is 2.52. The van der Waals surface area contributed by atoms with Gasteiger partial charge in [0.05, 0.1) is 6.61 Å². The molecule has 1 heterocycles. The molecule has 2 aromatic carbocycles. The molecule has 0 N–H and O–H groups in total. The Labute approximate surface area is 251 Å². The molecule has 0 spiro atoms. The van der Waals surface area contributed by atoms with Gasteiger partial charge in [0.2, 0.25) is 6.29 Å². The van der Waals surface area contributed by atoms with Crippen molar-refractivity contribution in [3.8, 4) is 11.5 Å².